The second-order valence-corrected chi connectivity index (χ2v) is 6.84. The van der Waals surface area contributed by atoms with Gasteiger partial charge in [-0.25, -0.2) is 4.79 Å². The Bertz CT molecular complexity index is 526. The number of phenols is 1. The van der Waals surface area contributed by atoms with Gasteiger partial charge in [-0.2, -0.15) is 0 Å². The van der Waals surface area contributed by atoms with Gasteiger partial charge >= 0.3 is 5.97 Å². The maximum absolute atomic E-state index is 11.5. The predicted molar refractivity (Wildman–Crippen MR) is 84.2 cm³/mol. The number of rotatable bonds is 4. The minimum atomic E-state index is -1.04. The highest BCUT2D eigenvalue weighted by Crippen LogP contribution is 2.41. The standard InChI is InChI=1S/C18H26O3/c1-4-18(2,3)15-11-13(12-8-6-5-7-9-12)10-14(16(15)19)17(20)21/h10-12,19H,4-9H2,1-3H3,(H,20,21). The summed E-state index contributed by atoms with van der Waals surface area (Å²) in [6.07, 6.45) is 6.79. The van der Waals surface area contributed by atoms with Gasteiger partial charge in [0.2, 0.25) is 0 Å². The summed E-state index contributed by atoms with van der Waals surface area (Å²) in [4.78, 5) is 11.5. The Balaban J connectivity index is 2.53. The summed E-state index contributed by atoms with van der Waals surface area (Å²) < 4.78 is 0. The summed E-state index contributed by atoms with van der Waals surface area (Å²) in [6, 6.07) is 3.73. The van der Waals surface area contributed by atoms with Gasteiger partial charge in [0, 0.05) is 5.56 Å². The molecule has 0 heterocycles. The Morgan fingerprint density at radius 1 is 1.24 bits per heavy atom. The molecule has 1 saturated carbocycles. The van der Waals surface area contributed by atoms with Gasteiger partial charge in [0.25, 0.3) is 0 Å². The van der Waals surface area contributed by atoms with Crippen LogP contribution in [0.25, 0.3) is 0 Å². The number of aromatic hydroxyl groups is 1. The molecule has 0 spiro atoms. The van der Waals surface area contributed by atoms with Crippen LogP contribution in [0, 0.1) is 0 Å². The molecule has 1 aromatic carbocycles. The molecule has 0 atom stereocenters. The molecule has 1 aliphatic carbocycles. The average molecular weight is 290 g/mol. The topological polar surface area (TPSA) is 57.5 Å². The highest BCUT2D eigenvalue weighted by atomic mass is 16.4. The Morgan fingerprint density at radius 2 is 1.86 bits per heavy atom. The SMILES string of the molecule is CCC(C)(C)c1cc(C2CCCCC2)cc(C(=O)O)c1O. The molecule has 0 bridgehead atoms. The van der Waals surface area contributed by atoms with E-state index in [2.05, 4.69) is 20.8 Å². The first-order valence-corrected chi connectivity index (χ1v) is 7.97. The summed E-state index contributed by atoms with van der Waals surface area (Å²) >= 11 is 0. The minimum absolute atomic E-state index is 0.0506. The van der Waals surface area contributed by atoms with E-state index in [4.69, 9.17) is 0 Å². The quantitative estimate of drug-likeness (QED) is 0.835. The average Bonchev–Trinajstić information content (AvgIpc) is 2.48. The van der Waals surface area contributed by atoms with Crippen molar-refractivity contribution in [2.45, 2.75) is 70.6 Å². The van der Waals surface area contributed by atoms with Gasteiger partial charge in [0.1, 0.15) is 11.3 Å². The molecule has 3 nitrogen and oxygen atoms in total. The van der Waals surface area contributed by atoms with Crippen molar-refractivity contribution in [3.63, 3.8) is 0 Å². The zero-order valence-corrected chi connectivity index (χ0v) is 13.3. The zero-order chi connectivity index (χ0) is 15.6. The highest BCUT2D eigenvalue weighted by molar-refractivity contribution is 5.91. The molecule has 0 radical (unpaired) electrons. The molecule has 3 heteroatoms. The van der Waals surface area contributed by atoms with Crippen molar-refractivity contribution >= 4 is 5.97 Å². The molecular formula is C18H26O3. The number of hydrogen-bond acceptors (Lipinski definition) is 2. The first kappa shape index (κ1) is 15.9. The first-order valence-electron chi connectivity index (χ1n) is 7.97. The van der Waals surface area contributed by atoms with Crippen molar-refractivity contribution < 1.29 is 15.0 Å². The summed E-state index contributed by atoms with van der Waals surface area (Å²) in [5, 5.41) is 19.8. The molecule has 2 rings (SSSR count). The molecule has 1 aliphatic rings. The van der Waals surface area contributed by atoms with Crippen LogP contribution < -0.4 is 0 Å². The molecule has 0 amide bonds. The number of carboxylic acid groups (broad SMARTS) is 1. The third-order valence-corrected chi connectivity index (χ3v) is 5.05. The second-order valence-electron chi connectivity index (χ2n) is 6.84. The van der Waals surface area contributed by atoms with Crippen molar-refractivity contribution in [2.24, 2.45) is 0 Å². The smallest absolute Gasteiger partial charge is 0.339 e. The van der Waals surface area contributed by atoms with E-state index >= 15 is 0 Å². The van der Waals surface area contributed by atoms with Crippen LogP contribution in [0.5, 0.6) is 5.75 Å². The van der Waals surface area contributed by atoms with E-state index in [1.54, 1.807) is 6.07 Å². The monoisotopic (exact) mass is 290 g/mol. The lowest BCUT2D eigenvalue weighted by molar-refractivity contribution is 0.0693. The number of aromatic carboxylic acids is 1. The molecule has 0 unspecified atom stereocenters. The van der Waals surface area contributed by atoms with Crippen LogP contribution in [-0.2, 0) is 5.41 Å². The van der Waals surface area contributed by atoms with E-state index in [1.807, 2.05) is 6.07 Å². The fourth-order valence-electron chi connectivity index (χ4n) is 3.20. The Kier molecular flexibility index (Phi) is 4.60. The number of carbonyl (C=O) groups is 1. The van der Waals surface area contributed by atoms with E-state index in [0.29, 0.717) is 5.92 Å². The molecule has 1 fully saturated rings. The third-order valence-electron chi connectivity index (χ3n) is 5.05. The maximum Gasteiger partial charge on any atom is 0.339 e. The van der Waals surface area contributed by atoms with Crippen molar-refractivity contribution in [2.75, 3.05) is 0 Å². The van der Waals surface area contributed by atoms with Crippen LogP contribution in [-0.4, -0.2) is 16.2 Å². The minimum Gasteiger partial charge on any atom is -0.507 e. The Hall–Kier alpha value is -1.51. The fourth-order valence-corrected chi connectivity index (χ4v) is 3.20. The van der Waals surface area contributed by atoms with Gasteiger partial charge in [0.05, 0.1) is 0 Å². The predicted octanol–water partition coefficient (Wildman–Crippen LogP) is 4.83. The molecular weight excluding hydrogens is 264 g/mol. The lowest BCUT2D eigenvalue weighted by atomic mass is 9.77. The van der Waals surface area contributed by atoms with E-state index < -0.39 is 5.97 Å². The van der Waals surface area contributed by atoms with Crippen molar-refractivity contribution in [3.8, 4) is 5.75 Å². The molecule has 0 saturated heterocycles. The van der Waals surface area contributed by atoms with Crippen molar-refractivity contribution in [1.82, 2.24) is 0 Å². The largest absolute Gasteiger partial charge is 0.507 e. The number of carboxylic acids is 1. The van der Waals surface area contributed by atoms with E-state index in [-0.39, 0.29) is 16.7 Å². The van der Waals surface area contributed by atoms with Crippen LogP contribution in [0.1, 0.15) is 86.7 Å². The molecule has 21 heavy (non-hydrogen) atoms. The van der Waals surface area contributed by atoms with Crippen molar-refractivity contribution in [1.29, 1.82) is 0 Å². The third kappa shape index (κ3) is 3.22. The van der Waals surface area contributed by atoms with E-state index in [0.717, 1.165) is 30.4 Å². The molecule has 0 aromatic heterocycles. The summed E-state index contributed by atoms with van der Waals surface area (Å²) in [5.74, 6) is -0.670. The first-order chi connectivity index (χ1) is 9.86. The van der Waals surface area contributed by atoms with Crippen LogP contribution >= 0.6 is 0 Å². The summed E-state index contributed by atoms with van der Waals surface area (Å²) in [5.41, 5.74) is 1.68. The molecule has 2 N–H and O–H groups in total. The maximum atomic E-state index is 11.5. The van der Waals surface area contributed by atoms with Crippen molar-refractivity contribution in [3.05, 3.63) is 28.8 Å². The van der Waals surface area contributed by atoms with Gasteiger partial charge in [-0.15, -0.1) is 0 Å². The van der Waals surface area contributed by atoms with Gasteiger partial charge < -0.3 is 10.2 Å². The lowest BCUT2D eigenvalue weighted by Crippen LogP contribution is -2.18. The normalized spacial score (nSPS) is 16.9. The van der Waals surface area contributed by atoms with Crippen LogP contribution in [0.2, 0.25) is 0 Å². The highest BCUT2D eigenvalue weighted by Gasteiger charge is 2.28. The second kappa shape index (κ2) is 6.08. The molecule has 116 valence electrons. The summed E-state index contributed by atoms with van der Waals surface area (Å²) in [6.45, 7) is 6.17. The van der Waals surface area contributed by atoms with Gasteiger partial charge in [-0.1, -0.05) is 46.1 Å². The number of benzene rings is 1. The van der Waals surface area contributed by atoms with Gasteiger partial charge in [0.15, 0.2) is 0 Å². The lowest BCUT2D eigenvalue weighted by Gasteiger charge is -2.28. The Labute approximate surface area is 127 Å². The van der Waals surface area contributed by atoms with E-state index in [1.165, 1.54) is 19.3 Å². The Morgan fingerprint density at radius 3 is 2.38 bits per heavy atom. The molecule has 0 aliphatic heterocycles. The van der Waals surface area contributed by atoms with Gasteiger partial charge in [-0.05, 0) is 42.2 Å². The van der Waals surface area contributed by atoms with Gasteiger partial charge in [-0.3, -0.25) is 0 Å². The molecule has 1 aromatic rings. The van der Waals surface area contributed by atoms with Crippen LogP contribution in [0.3, 0.4) is 0 Å². The van der Waals surface area contributed by atoms with E-state index in [9.17, 15) is 15.0 Å². The van der Waals surface area contributed by atoms with Crippen LogP contribution in [0.15, 0.2) is 12.1 Å². The fraction of sp³-hybridized carbons (Fsp3) is 0.611. The zero-order valence-electron chi connectivity index (χ0n) is 13.3. The summed E-state index contributed by atoms with van der Waals surface area (Å²) in [7, 11) is 0. The number of hydrogen-bond donors (Lipinski definition) is 2. The van der Waals surface area contributed by atoms with Crippen LogP contribution in [0.4, 0.5) is 0 Å².